The van der Waals surface area contributed by atoms with Crippen molar-refractivity contribution in [2.24, 2.45) is 5.41 Å². The smallest absolute Gasteiger partial charge is 0.227 e. The predicted molar refractivity (Wildman–Crippen MR) is 93.9 cm³/mol. The fourth-order valence-corrected chi connectivity index (χ4v) is 4.59. The van der Waals surface area contributed by atoms with Gasteiger partial charge in [0, 0.05) is 19.6 Å². The van der Waals surface area contributed by atoms with Crippen molar-refractivity contribution in [2.75, 3.05) is 19.6 Å². The number of nitrogens with one attached hydrogen (secondary N) is 1. The lowest BCUT2D eigenvalue weighted by Crippen LogP contribution is -2.47. The van der Waals surface area contributed by atoms with Crippen LogP contribution in [0.4, 0.5) is 0 Å². The summed E-state index contributed by atoms with van der Waals surface area (Å²) in [4.78, 5) is 14.7. The lowest BCUT2D eigenvalue weighted by molar-refractivity contribution is -0.132. The molecule has 1 spiro atoms. The summed E-state index contributed by atoms with van der Waals surface area (Å²) < 4.78 is 6.12. The third-order valence-corrected chi connectivity index (χ3v) is 5.94. The first-order valence-electron chi connectivity index (χ1n) is 9.50. The number of likely N-dealkylation sites (tertiary alicyclic amines) is 1. The van der Waals surface area contributed by atoms with Crippen molar-refractivity contribution < 1.29 is 9.53 Å². The van der Waals surface area contributed by atoms with Crippen LogP contribution in [0.3, 0.4) is 0 Å². The van der Waals surface area contributed by atoms with E-state index in [2.05, 4.69) is 34.5 Å². The number of carbonyl (C=O) groups excluding carboxylic acids is 1. The van der Waals surface area contributed by atoms with Crippen molar-refractivity contribution >= 4 is 5.91 Å². The van der Waals surface area contributed by atoms with E-state index in [1.807, 2.05) is 0 Å². The molecule has 3 aliphatic rings. The number of amides is 1. The standard InChI is InChI=1S/C20H28N2O2/c23-19-20(9-4-11-21-19)10-12-22(15-20)14-16-5-3-8-18(13-16)24-17-6-1-2-7-17/h3,5,8,13,17H,1-2,4,6-7,9-12,14-15H2,(H,21,23)/t20-/m1/s1. The van der Waals surface area contributed by atoms with Crippen molar-refractivity contribution in [2.45, 2.75) is 57.6 Å². The summed E-state index contributed by atoms with van der Waals surface area (Å²) in [5.74, 6) is 1.28. The van der Waals surface area contributed by atoms with Gasteiger partial charge < -0.3 is 10.1 Å². The van der Waals surface area contributed by atoms with Crippen LogP contribution in [0, 0.1) is 5.41 Å². The van der Waals surface area contributed by atoms with Gasteiger partial charge in [0.2, 0.25) is 5.91 Å². The normalized spacial score (nSPS) is 28.4. The Morgan fingerprint density at radius 2 is 2.08 bits per heavy atom. The van der Waals surface area contributed by atoms with E-state index in [0.717, 1.165) is 51.2 Å². The zero-order valence-corrected chi connectivity index (χ0v) is 14.4. The number of hydrogen-bond donors (Lipinski definition) is 1. The molecular formula is C20H28N2O2. The molecule has 4 heteroatoms. The van der Waals surface area contributed by atoms with Gasteiger partial charge in [-0.25, -0.2) is 0 Å². The van der Waals surface area contributed by atoms with Crippen LogP contribution in [0.1, 0.15) is 50.5 Å². The molecule has 0 radical (unpaired) electrons. The van der Waals surface area contributed by atoms with Gasteiger partial charge in [-0.05, 0) is 69.2 Å². The molecule has 0 bridgehead atoms. The molecule has 130 valence electrons. The Morgan fingerprint density at radius 1 is 1.21 bits per heavy atom. The van der Waals surface area contributed by atoms with Gasteiger partial charge in [-0.1, -0.05) is 12.1 Å². The van der Waals surface area contributed by atoms with E-state index in [1.165, 1.54) is 31.2 Å². The van der Waals surface area contributed by atoms with Crippen molar-refractivity contribution in [3.8, 4) is 5.75 Å². The molecule has 4 rings (SSSR count). The van der Waals surface area contributed by atoms with Crippen LogP contribution < -0.4 is 10.1 Å². The maximum absolute atomic E-state index is 12.3. The molecule has 1 aliphatic carbocycles. The van der Waals surface area contributed by atoms with Crippen LogP contribution in [0.25, 0.3) is 0 Å². The first-order chi connectivity index (χ1) is 11.7. The van der Waals surface area contributed by atoms with Gasteiger partial charge in [-0.15, -0.1) is 0 Å². The second kappa shape index (κ2) is 6.75. The summed E-state index contributed by atoms with van der Waals surface area (Å²) in [7, 11) is 0. The molecule has 1 atom stereocenters. The van der Waals surface area contributed by atoms with Gasteiger partial charge in [-0.2, -0.15) is 0 Å². The molecular weight excluding hydrogens is 300 g/mol. The Kier molecular flexibility index (Phi) is 4.49. The Hall–Kier alpha value is -1.55. The molecule has 24 heavy (non-hydrogen) atoms. The molecule has 2 saturated heterocycles. The van der Waals surface area contributed by atoms with E-state index >= 15 is 0 Å². The highest BCUT2D eigenvalue weighted by Crippen LogP contribution is 2.38. The quantitative estimate of drug-likeness (QED) is 0.923. The van der Waals surface area contributed by atoms with E-state index in [4.69, 9.17) is 4.74 Å². The predicted octanol–water partition coefficient (Wildman–Crippen LogP) is 3.11. The topological polar surface area (TPSA) is 41.6 Å². The molecule has 1 aromatic rings. The van der Waals surface area contributed by atoms with Crippen LogP contribution in [0.5, 0.6) is 5.75 Å². The Morgan fingerprint density at radius 3 is 2.92 bits per heavy atom. The number of hydrogen-bond acceptors (Lipinski definition) is 3. The summed E-state index contributed by atoms with van der Waals surface area (Å²) in [6.07, 6.45) is 8.52. The summed E-state index contributed by atoms with van der Waals surface area (Å²) in [5, 5.41) is 3.06. The number of ether oxygens (including phenoxy) is 1. The molecule has 3 fully saturated rings. The minimum atomic E-state index is -0.129. The highest BCUT2D eigenvalue weighted by Gasteiger charge is 2.45. The Balaban J connectivity index is 1.38. The molecule has 2 aliphatic heterocycles. The average molecular weight is 328 g/mol. The summed E-state index contributed by atoms with van der Waals surface area (Å²) in [5.41, 5.74) is 1.16. The largest absolute Gasteiger partial charge is 0.490 e. The molecule has 1 N–H and O–H groups in total. The summed E-state index contributed by atoms with van der Waals surface area (Å²) in [6.45, 7) is 3.67. The van der Waals surface area contributed by atoms with Crippen LogP contribution >= 0.6 is 0 Å². The van der Waals surface area contributed by atoms with Crippen molar-refractivity contribution in [3.05, 3.63) is 29.8 Å². The van der Waals surface area contributed by atoms with E-state index in [9.17, 15) is 4.79 Å². The minimum Gasteiger partial charge on any atom is -0.490 e. The minimum absolute atomic E-state index is 0.129. The number of carbonyl (C=O) groups is 1. The highest BCUT2D eigenvalue weighted by molar-refractivity contribution is 5.84. The maximum atomic E-state index is 12.3. The van der Waals surface area contributed by atoms with Gasteiger partial charge >= 0.3 is 0 Å². The van der Waals surface area contributed by atoms with Gasteiger partial charge in [0.05, 0.1) is 11.5 Å². The van der Waals surface area contributed by atoms with Crippen molar-refractivity contribution in [1.29, 1.82) is 0 Å². The summed E-state index contributed by atoms with van der Waals surface area (Å²) >= 11 is 0. The van der Waals surface area contributed by atoms with Crippen LogP contribution in [-0.4, -0.2) is 36.5 Å². The second-order valence-corrected chi connectivity index (χ2v) is 7.77. The Bertz CT molecular complexity index is 597. The zero-order chi connectivity index (χ0) is 16.4. The summed E-state index contributed by atoms with van der Waals surface area (Å²) in [6, 6.07) is 8.53. The van der Waals surface area contributed by atoms with Gasteiger partial charge in [0.15, 0.2) is 0 Å². The first-order valence-corrected chi connectivity index (χ1v) is 9.50. The van der Waals surface area contributed by atoms with E-state index in [0.29, 0.717) is 6.10 Å². The second-order valence-electron chi connectivity index (χ2n) is 7.77. The third kappa shape index (κ3) is 3.30. The molecule has 2 heterocycles. The fourth-order valence-electron chi connectivity index (χ4n) is 4.59. The monoisotopic (exact) mass is 328 g/mol. The molecule has 0 aromatic heterocycles. The van der Waals surface area contributed by atoms with Crippen molar-refractivity contribution in [1.82, 2.24) is 10.2 Å². The van der Waals surface area contributed by atoms with Gasteiger partial charge in [-0.3, -0.25) is 9.69 Å². The molecule has 4 nitrogen and oxygen atoms in total. The van der Waals surface area contributed by atoms with Crippen molar-refractivity contribution in [3.63, 3.8) is 0 Å². The fraction of sp³-hybridized carbons (Fsp3) is 0.650. The molecule has 1 saturated carbocycles. The molecule has 0 unspecified atom stereocenters. The highest BCUT2D eigenvalue weighted by atomic mass is 16.5. The van der Waals surface area contributed by atoms with Crippen LogP contribution in [-0.2, 0) is 11.3 Å². The lowest BCUT2D eigenvalue weighted by Gasteiger charge is -2.32. The Labute approximate surface area is 144 Å². The lowest BCUT2D eigenvalue weighted by atomic mass is 9.79. The third-order valence-electron chi connectivity index (χ3n) is 5.94. The number of rotatable bonds is 4. The zero-order valence-electron chi connectivity index (χ0n) is 14.4. The molecule has 1 amide bonds. The van der Waals surface area contributed by atoms with E-state index < -0.39 is 0 Å². The number of benzene rings is 1. The first kappa shape index (κ1) is 15.9. The van der Waals surface area contributed by atoms with E-state index in [-0.39, 0.29) is 11.3 Å². The van der Waals surface area contributed by atoms with Crippen LogP contribution in [0.2, 0.25) is 0 Å². The van der Waals surface area contributed by atoms with Gasteiger partial charge in [0.25, 0.3) is 0 Å². The van der Waals surface area contributed by atoms with E-state index in [1.54, 1.807) is 0 Å². The molecule has 1 aromatic carbocycles. The van der Waals surface area contributed by atoms with Crippen LogP contribution in [0.15, 0.2) is 24.3 Å². The maximum Gasteiger partial charge on any atom is 0.227 e. The van der Waals surface area contributed by atoms with Gasteiger partial charge in [0.1, 0.15) is 5.75 Å². The average Bonchev–Trinajstić information content (AvgIpc) is 3.22. The number of piperidine rings is 1. The number of nitrogens with zero attached hydrogens (tertiary/aromatic N) is 1. The SMILES string of the molecule is O=C1NCCC[C@]12CCN(Cc1cccc(OC3CCCC3)c1)C2.